The SMILES string of the molecule is CC[C@H]1CCC[C@@H](C(=O)N(C)OC)N1S(=O)(=O)c1ccc(Cl)cc1. The smallest absolute Gasteiger partial charge is 0.264 e. The molecule has 0 aromatic heterocycles. The largest absolute Gasteiger partial charge is 0.275 e. The van der Waals surface area contributed by atoms with Crippen LogP contribution in [0.5, 0.6) is 0 Å². The van der Waals surface area contributed by atoms with Crippen molar-refractivity contribution in [3.8, 4) is 0 Å². The first-order valence-corrected chi connectivity index (χ1v) is 9.75. The lowest BCUT2D eigenvalue weighted by atomic mass is 9.96. The molecule has 0 radical (unpaired) electrons. The number of hydroxylamine groups is 2. The Bertz CT molecular complexity index is 678. The molecule has 0 spiro atoms. The maximum Gasteiger partial charge on any atom is 0.264 e. The number of rotatable bonds is 5. The van der Waals surface area contributed by atoms with Gasteiger partial charge >= 0.3 is 0 Å². The molecule has 0 aliphatic carbocycles. The summed E-state index contributed by atoms with van der Waals surface area (Å²) in [5.74, 6) is -0.354. The third-order valence-corrected chi connectivity index (χ3v) is 6.64. The minimum Gasteiger partial charge on any atom is -0.275 e. The van der Waals surface area contributed by atoms with E-state index in [4.69, 9.17) is 16.4 Å². The molecule has 24 heavy (non-hydrogen) atoms. The van der Waals surface area contributed by atoms with Crippen LogP contribution in [-0.2, 0) is 19.7 Å². The Hall–Kier alpha value is -1.15. The second-order valence-corrected chi connectivity index (χ2v) is 8.10. The summed E-state index contributed by atoms with van der Waals surface area (Å²) in [7, 11) is -0.928. The highest BCUT2D eigenvalue weighted by molar-refractivity contribution is 7.89. The molecule has 1 heterocycles. The van der Waals surface area contributed by atoms with Gasteiger partial charge in [0, 0.05) is 18.1 Å². The van der Waals surface area contributed by atoms with Gasteiger partial charge in [0.2, 0.25) is 10.0 Å². The van der Waals surface area contributed by atoms with Crippen molar-refractivity contribution in [3.63, 3.8) is 0 Å². The fraction of sp³-hybridized carbons (Fsp3) is 0.562. The number of likely N-dealkylation sites (N-methyl/N-ethyl adjacent to an activating group) is 1. The average Bonchev–Trinajstić information content (AvgIpc) is 2.59. The quantitative estimate of drug-likeness (QED) is 0.743. The van der Waals surface area contributed by atoms with E-state index in [0.29, 0.717) is 17.9 Å². The van der Waals surface area contributed by atoms with Gasteiger partial charge in [-0.05, 0) is 49.9 Å². The summed E-state index contributed by atoms with van der Waals surface area (Å²) in [6, 6.07) is 5.06. The summed E-state index contributed by atoms with van der Waals surface area (Å²) in [6.07, 6.45) is 2.67. The van der Waals surface area contributed by atoms with Crippen LogP contribution in [0.2, 0.25) is 5.02 Å². The Balaban J connectivity index is 2.45. The van der Waals surface area contributed by atoms with E-state index in [2.05, 4.69) is 0 Å². The van der Waals surface area contributed by atoms with E-state index in [1.807, 2.05) is 6.92 Å². The van der Waals surface area contributed by atoms with Crippen LogP contribution in [0, 0.1) is 0 Å². The van der Waals surface area contributed by atoms with Gasteiger partial charge < -0.3 is 0 Å². The summed E-state index contributed by atoms with van der Waals surface area (Å²) in [5, 5.41) is 1.55. The molecule has 1 amide bonds. The van der Waals surface area contributed by atoms with Crippen molar-refractivity contribution in [1.29, 1.82) is 0 Å². The fourth-order valence-corrected chi connectivity index (χ4v) is 5.09. The molecular weight excluding hydrogens is 352 g/mol. The van der Waals surface area contributed by atoms with Crippen molar-refractivity contribution in [2.45, 2.75) is 49.6 Å². The van der Waals surface area contributed by atoms with E-state index in [9.17, 15) is 13.2 Å². The predicted octanol–water partition coefficient (Wildman–Crippen LogP) is 2.68. The van der Waals surface area contributed by atoms with Crippen LogP contribution >= 0.6 is 11.6 Å². The van der Waals surface area contributed by atoms with Crippen molar-refractivity contribution in [2.24, 2.45) is 0 Å². The number of carbonyl (C=O) groups is 1. The van der Waals surface area contributed by atoms with Crippen molar-refractivity contribution in [1.82, 2.24) is 9.37 Å². The average molecular weight is 375 g/mol. The van der Waals surface area contributed by atoms with Crippen molar-refractivity contribution < 1.29 is 18.0 Å². The summed E-state index contributed by atoms with van der Waals surface area (Å²) < 4.78 is 27.7. The molecule has 8 heteroatoms. The van der Waals surface area contributed by atoms with E-state index in [0.717, 1.165) is 17.9 Å². The summed E-state index contributed by atoms with van der Waals surface area (Å²) in [6.45, 7) is 1.93. The van der Waals surface area contributed by atoms with E-state index in [1.165, 1.54) is 42.7 Å². The lowest BCUT2D eigenvalue weighted by Crippen LogP contribution is -2.55. The highest BCUT2D eigenvalue weighted by Crippen LogP contribution is 2.32. The number of benzene rings is 1. The first kappa shape index (κ1) is 19.2. The molecule has 1 aromatic carbocycles. The summed E-state index contributed by atoms with van der Waals surface area (Å²) >= 11 is 5.86. The Morgan fingerprint density at radius 3 is 2.50 bits per heavy atom. The molecule has 0 saturated carbocycles. The highest BCUT2D eigenvalue weighted by atomic mass is 35.5. The van der Waals surface area contributed by atoms with Crippen LogP contribution in [-0.4, -0.2) is 49.9 Å². The molecule has 2 rings (SSSR count). The summed E-state index contributed by atoms with van der Waals surface area (Å²) in [4.78, 5) is 17.7. The molecule has 0 unspecified atom stereocenters. The van der Waals surface area contributed by atoms with Crippen LogP contribution in [0.25, 0.3) is 0 Å². The van der Waals surface area contributed by atoms with E-state index >= 15 is 0 Å². The fourth-order valence-electron chi connectivity index (χ4n) is 3.06. The maximum atomic E-state index is 13.2. The number of carbonyl (C=O) groups excluding carboxylic acids is 1. The zero-order valence-corrected chi connectivity index (χ0v) is 15.7. The molecule has 1 fully saturated rings. The lowest BCUT2D eigenvalue weighted by molar-refractivity contribution is -0.174. The van der Waals surface area contributed by atoms with Crippen molar-refractivity contribution in [2.75, 3.05) is 14.2 Å². The lowest BCUT2D eigenvalue weighted by Gasteiger charge is -2.40. The molecule has 1 aliphatic rings. The van der Waals surface area contributed by atoms with Gasteiger partial charge in [0.1, 0.15) is 6.04 Å². The molecule has 1 aromatic rings. The van der Waals surface area contributed by atoms with E-state index in [1.54, 1.807) is 0 Å². The molecule has 1 saturated heterocycles. The van der Waals surface area contributed by atoms with Gasteiger partial charge in [0.15, 0.2) is 0 Å². The molecule has 6 nitrogen and oxygen atoms in total. The molecule has 2 atom stereocenters. The molecule has 134 valence electrons. The number of hydrogen-bond acceptors (Lipinski definition) is 4. The normalized spacial score (nSPS) is 22.3. The zero-order chi connectivity index (χ0) is 17.9. The third kappa shape index (κ3) is 3.74. The second kappa shape index (κ2) is 7.82. The summed E-state index contributed by atoms with van der Waals surface area (Å²) in [5.41, 5.74) is 0. The van der Waals surface area contributed by atoms with Gasteiger partial charge in [-0.1, -0.05) is 18.5 Å². The number of sulfonamides is 1. The first-order chi connectivity index (χ1) is 11.3. The Morgan fingerprint density at radius 1 is 1.33 bits per heavy atom. The van der Waals surface area contributed by atoms with Crippen LogP contribution in [0.15, 0.2) is 29.2 Å². The Kier molecular flexibility index (Phi) is 6.25. The van der Waals surface area contributed by atoms with Gasteiger partial charge in [-0.25, -0.2) is 13.5 Å². The van der Waals surface area contributed by atoms with Crippen molar-refractivity contribution >= 4 is 27.5 Å². The second-order valence-electron chi connectivity index (χ2n) is 5.82. The molecule has 1 aliphatic heterocycles. The zero-order valence-electron chi connectivity index (χ0n) is 14.1. The standard InChI is InChI=1S/C16H23ClN2O4S/c1-4-13-6-5-7-15(16(20)18(2)23-3)19(13)24(21,22)14-10-8-12(17)9-11-14/h8-11,13,15H,4-7H2,1-3H3/t13-,15-/m0/s1. The third-order valence-electron chi connectivity index (χ3n) is 4.41. The van der Waals surface area contributed by atoms with Crippen molar-refractivity contribution in [3.05, 3.63) is 29.3 Å². The topological polar surface area (TPSA) is 66.9 Å². The number of hydrogen-bond donors (Lipinski definition) is 0. The minimum absolute atomic E-state index is 0.144. The monoisotopic (exact) mass is 374 g/mol. The van der Waals surface area contributed by atoms with Crippen LogP contribution in [0.4, 0.5) is 0 Å². The minimum atomic E-state index is -3.80. The van der Waals surface area contributed by atoms with E-state index in [-0.39, 0.29) is 16.8 Å². The number of nitrogens with zero attached hydrogens (tertiary/aromatic N) is 2. The number of piperidine rings is 1. The first-order valence-electron chi connectivity index (χ1n) is 7.93. The highest BCUT2D eigenvalue weighted by Gasteiger charge is 2.43. The molecule has 0 bridgehead atoms. The van der Waals surface area contributed by atoms with Gasteiger partial charge in [0.25, 0.3) is 5.91 Å². The van der Waals surface area contributed by atoms with Gasteiger partial charge in [-0.15, -0.1) is 0 Å². The van der Waals surface area contributed by atoms with E-state index < -0.39 is 16.1 Å². The Labute approximate surface area is 148 Å². The van der Waals surface area contributed by atoms with Crippen LogP contribution in [0.3, 0.4) is 0 Å². The predicted molar refractivity (Wildman–Crippen MR) is 92.0 cm³/mol. The van der Waals surface area contributed by atoms with Crippen LogP contribution < -0.4 is 0 Å². The van der Waals surface area contributed by atoms with Gasteiger partial charge in [-0.3, -0.25) is 9.63 Å². The van der Waals surface area contributed by atoms with Gasteiger partial charge in [-0.2, -0.15) is 4.31 Å². The van der Waals surface area contributed by atoms with Crippen LogP contribution in [0.1, 0.15) is 32.6 Å². The van der Waals surface area contributed by atoms with Gasteiger partial charge in [0.05, 0.1) is 12.0 Å². The maximum absolute atomic E-state index is 13.2. The molecular formula is C16H23ClN2O4S. The molecule has 0 N–H and O–H groups in total. The number of halogens is 1. The number of amides is 1. The Morgan fingerprint density at radius 2 is 1.96 bits per heavy atom.